The van der Waals surface area contributed by atoms with Gasteiger partial charge in [-0.1, -0.05) is 30.3 Å². The van der Waals surface area contributed by atoms with Crippen LogP contribution in [-0.2, 0) is 13.1 Å². The van der Waals surface area contributed by atoms with Gasteiger partial charge >= 0.3 is 0 Å². The number of rotatable bonds is 5. The maximum absolute atomic E-state index is 5.48. The largest absolute Gasteiger partial charge is 1.00 e. The molecule has 0 aliphatic carbocycles. The summed E-state index contributed by atoms with van der Waals surface area (Å²) in [6, 6.07) is 16.3. The van der Waals surface area contributed by atoms with E-state index in [1.165, 1.54) is 16.3 Å². The number of nitrogens with one attached hydrogen (secondary N) is 1. The summed E-state index contributed by atoms with van der Waals surface area (Å²) in [6.07, 6.45) is 1.69. The summed E-state index contributed by atoms with van der Waals surface area (Å²) in [6.45, 7) is 1.45. The number of fused-ring (bicyclic) bond motifs is 1. The molecule has 1 heterocycles. The lowest BCUT2D eigenvalue weighted by Gasteiger charge is -2.12. The zero-order chi connectivity index (χ0) is 13.8. The van der Waals surface area contributed by atoms with E-state index in [0.717, 1.165) is 18.1 Å². The van der Waals surface area contributed by atoms with Crippen LogP contribution in [0.3, 0.4) is 0 Å². The van der Waals surface area contributed by atoms with Crippen LogP contribution in [0.1, 0.15) is 11.3 Å². The Morgan fingerprint density at radius 3 is 2.62 bits per heavy atom. The van der Waals surface area contributed by atoms with E-state index in [2.05, 4.69) is 35.6 Å². The second-order valence-electron chi connectivity index (χ2n) is 4.65. The minimum Gasteiger partial charge on any atom is -1.00 e. The number of halogens is 1. The summed E-state index contributed by atoms with van der Waals surface area (Å²) in [5, 5.41) is 5.84. The van der Waals surface area contributed by atoms with Gasteiger partial charge in [0, 0.05) is 12.1 Å². The Kier molecular flexibility index (Phi) is 5.26. The lowest BCUT2D eigenvalue weighted by Crippen LogP contribution is -3.00. The number of benzene rings is 2. The smallest absolute Gasteiger partial charge is 0.123 e. The summed E-state index contributed by atoms with van der Waals surface area (Å²) in [5.74, 6) is 1.85. The van der Waals surface area contributed by atoms with Gasteiger partial charge in [0.1, 0.15) is 11.5 Å². The SMILES string of the molecule is COc1ccc2ccccc2c1CNCc1ccco1.[Cl-]. The third-order valence-corrected chi connectivity index (χ3v) is 3.40. The first-order valence-electron chi connectivity index (χ1n) is 6.66. The van der Waals surface area contributed by atoms with Gasteiger partial charge in [-0.3, -0.25) is 0 Å². The Morgan fingerprint density at radius 1 is 1.00 bits per heavy atom. The van der Waals surface area contributed by atoms with Crippen LogP contribution in [0.2, 0.25) is 0 Å². The molecular weight excluding hydrogens is 286 g/mol. The zero-order valence-corrected chi connectivity index (χ0v) is 12.6. The molecular formula is C17H17ClNO2-. The predicted molar refractivity (Wildman–Crippen MR) is 79.8 cm³/mol. The van der Waals surface area contributed by atoms with E-state index in [-0.39, 0.29) is 12.4 Å². The molecule has 0 aliphatic heterocycles. The molecule has 0 saturated carbocycles. The van der Waals surface area contributed by atoms with E-state index >= 15 is 0 Å². The summed E-state index contributed by atoms with van der Waals surface area (Å²) >= 11 is 0. The second kappa shape index (κ2) is 7.16. The molecule has 0 fully saturated rings. The van der Waals surface area contributed by atoms with Gasteiger partial charge in [0.25, 0.3) is 0 Å². The van der Waals surface area contributed by atoms with Crippen LogP contribution < -0.4 is 22.5 Å². The van der Waals surface area contributed by atoms with Crippen LogP contribution in [0.15, 0.2) is 59.2 Å². The molecule has 3 nitrogen and oxygen atoms in total. The van der Waals surface area contributed by atoms with Crippen molar-refractivity contribution in [3.8, 4) is 5.75 Å². The minimum atomic E-state index is 0. The predicted octanol–water partition coefficient (Wildman–Crippen LogP) is 0.735. The van der Waals surface area contributed by atoms with Gasteiger partial charge in [-0.2, -0.15) is 0 Å². The van der Waals surface area contributed by atoms with Gasteiger partial charge in [0.2, 0.25) is 0 Å². The number of hydrogen-bond acceptors (Lipinski definition) is 3. The van der Waals surface area contributed by atoms with E-state index in [1.54, 1.807) is 13.4 Å². The lowest BCUT2D eigenvalue weighted by molar-refractivity contribution is -0.00000478. The van der Waals surface area contributed by atoms with Crippen molar-refractivity contribution < 1.29 is 21.6 Å². The average Bonchev–Trinajstić information content (AvgIpc) is 3.00. The molecule has 110 valence electrons. The third-order valence-electron chi connectivity index (χ3n) is 3.40. The van der Waals surface area contributed by atoms with Gasteiger partial charge in [-0.25, -0.2) is 0 Å². The Labute approximate surface area is 130 Å². The first-order chi connectivity index (χ1) is 9.88. The molecule has 0 atom stereocenters. The van der Waals surface area contributed by atoms with Gasteiger partial charge in [-0.05, 0) is 29.0 Å². The quantitative estimate of drug-likeness (QED) is 0.755. The van der Waals surface area contributed by atoms with E-state index in [0.29, 0.717) is 6.54 Å². The van der Waals surface area contributed by atoms with Gasteiger partial charge in [0.05, 0.1) is 19.9 Å². The van der Waals surface area contributed by atoms with Gasteiger partial charge < -0.3 is 26.9 Å². The van der Waals surface area contributed by atoms with Crippen molar-refractivity contribution in [2.45, 2.75) is 13.1 Å². The zero-order valence-electron chi connectivity index (χ0n) is 11.8. The van der Waals surface area contributed by atoms with Crippen molar-refractivity contribution in [3.05, 3.63) is 66.1 Å². The molecule has 2 aromatic carbocycles. The Bertz CT molecular complexity index is 695. The molecule has 0 unspecified atom stereocenters. The highest BCUT2D eigenvalue weighted by Gasteiger charge is 2.08. The fraction of sp³-hybridized carbons (Fsp3) is 0.176. The minimum absolute atomic E-state index is 0. The van der Waals surface area contributed by atoms with Crippen molar-refractivity contribution in [1.29, 1.82) is 0 Å². The van der Waals surface area contributed by atoms with Crippen LogP contribution in [0, 0.1) is 0 Å². The first-order valence-corrected chi connectivity index (χ1v) is 6.66. The molecule has 4 heteroatoms. The van der Waals surface area contributed by atoms with Crippen LogP contribution in [0.25, 0.3) is 10.8 Å². The highest BCUT2D eigenvalue weighted by Crippen LogP contribution is 2.27. The van der Waals surface area contributed by atoms with Crippen molar-refractivity contribution in [2.24, 2.45) is 0 Å². The average molecular weight is 303 g/mol. The maximum atomic E-state index is 5.48. The number of hydrogen-bond donors (Lipinski definition) is 1. The standard InChI is InChI=1S/C17H17NO2.ClH/c1-19-17-9-8-13-5-2-3-7-15(13)16(17)12-18-11-14-6-4-10-20-14;/h2-10,18H,11-12H2,1H3;1H/p-1. The van der Waals surface area contributed by atoms with Crippen molar-refractivity contribution in [3.63, 3.8) is 0 Å². The van der Waals surface area contributed by atoms with E-state index < -0.39 is 0 Å². The van der Waals surface area contributed by atoms with Gasteiger partial charge in [0.15, 0.2) is 0 Å². The topological polar surface area (TPSA) is 34.4 Å². The highest BCUT2D eigenvalue weighted by molar-refractivity contribution is 5.87. The van der Waals surface area contributed by atoms with Gasteiger partial charge in [-0.15, -0.1) is 0 Å². The number of methoxy groups -OCH3 is 1. The molecule has 0 radical (unpaired) electrons. The molecule has 0 amide bonds. The summed E-state index contributed by atoms with van der Waals surface area (Å²) in [5.41, 5.74) is 1.18. The summed E-state index contributed by atoms with van der Waals surface area (Å²) in [4.78, 5) is 0. The van der Waals surface area contributed by atoms with Crippen molar-refractivity contribution >= 4 is 10.8 Å². The number of furan rings is 1. The normalized spacial score (nSPS) is 10.3. The third kappa shape index (κ3) is 3.38. The van der Waals surface area contributed by atoms with Crippen LogP contribution in [-0.4, -0.2) is 7.11 Å². The molecule has 1 N–H and O–H groups in total. The fourth-order valence-electron chi connectivity index (χ4n) is 2.41. The number of ether oxygens (including phenoxy) is 1. The highest BCUT2D eigenvalue weighted by atomic mass is 35.5. The molecule has 21 heavy (non-hydrogen) atoms. The maximum Gasteiger partial charge on any atom is 0.123 e. The summed E-state index contributed by atoms with van der Waals surface area (Å²) < 4.78 is 10.8. The Balaban J connectivity index is 0.00000161. The lowest BCUT2D eigenvalue weighted by atomic mass is 10.0. The molecule has 3 rings (SSSR count). The Hall–Kier alpha value is -1.97. The molecule has 0 aliphatic rings. The van der Waals surface area contributed by atoms with Crippen LogP contribution in [0.4, 0.5) is 0 Å². The molecule has 3 aromatic rings. The fourth-order valence-corrected chi connectivity index (χ4v) is 2.41. The van der Waals surface area contributed by atoms with E-state index in [9.17, 15) is 0 Å². The molecule has 0 saturated heterocycles. The van der Waals surface area contributed by atoms with Crippen LogP contribution >= 0.6 is 0 Å². The van der Waals surface area contributed by atoms with E-state index in [1.807, 2.05) is 18.2 Å². The Morgan fingerprint density at radius 2 is 1.86 bits per heavy atom. The second-order valence-corrected chi connectivity index (χ2v) is 4.65. The molecule has 0 spiro atoms. The molecule has 1 aromatic heterocycles. The van der Waals surface area contributed by atoms with E-state index in [4.69, 9.17) is 9.15 Å². The van der Waals surface area contributed by atoms with Crippen molar-refractivity contribution in [2.75, 3.05) is 7.11 Å². The monoisotopic (exact) mass is 302 g/mol. The molecule has 0 bridgehead atoms. The first kappa shape index (κ1) is 15.4. The van der Waals surface area contributed by atoms with Crippen molar-refractivity contribution in [1.82, 2.24) is 5.32 Å². The summed E-state index contributed by atoms with van der Waals surface area (Å²) in [7, 11) is 1.71. The van der Waals surface area contributed by atoms with Crippen LogP contribution in [0.5, 0.6) is 5.75 Å².